The molecule has 0 radical (unpaired) electrons. The smallest absolute Gasteiger partial charge is 0.141 e. The summed E-state index contributed by atoms with van der Waals surface area (Å²) in [4.78, 5) is 0. The van der Waals surface area contributed by atoms with E-state index in [0.717, 1.165) is 35.1 Å². The second kappa shape index (κ2) is 6.02. The van der Waals surface area contributed by atoms with Crippen LogP contribution in [0.4, 0.5) is 5.69 Å². The Hall–Kier alpha value is -1.62. The van der Waals surface area contributed by atoms with Gasteiger partial charge in [-0.2, -0.15) is 0 Å². The number of piperidine rings is 1. The Labute approximate surface area is 125 Å². The number of ether oxygens (including phenoxy) is 1. The Morgan fingerprint density at radius 3 is 2.48 bits per heavy atom. The average molecular weight is 286 g/mol. The molecule has 1 saturated heterocycles. The fraction of sp³-hybridized carbons (Fsp3) is 0.412. The van der Waals surface area contributed by atoms with E-state index in [1.54, 1.807) is 0 Å². The molecule has 0 bridgehead atoms. The standard InChI is InChI=1S/C17H22N2O2/c1-18-13-21-17-10-9-16(14-7-3-4-8-15(14)17)19(20)11-5-2-6-12-19/h3-4,7-10,18H,2,5-6,11-13H2,1H3. The van der Waals surface area contributed by atoms with Crippen molar-refractivity contribution in [3.8, 4) is 5.75 Å². The molecule has 21 heavy (non-hydrogen) atoms. The van der Waals surface area contributed by atoms with Crippen molar-refractivity contribution in [2.24, 2.45) is 0 Å². The van der Waals surface area contributed by atoms with E-state index in [-0.39, 0.29) is 4.65 Å². The molecule has 3 rings (SSSR count). The van der Waals surface area contributed by atoms with Crippen LogP contribution in [0.5, 0.6) is 5.75 Å². The van der Waals surface area contributed by atoms with Gasteiger partial charge in [-0.25, -0.2) is 0 Å². The van der Waals surface area contributed by atoms with Gasteiger partial charge in [0.15, 0.2) is 0 Å². The molecule has 0 aromatic heterocycles. The first kappa shape index (κ1) is 14.3. The Kier molecular flexibility index (Phi) is 4.10. The van der Waals surface area contributed by atoms with Crippen LogP contribution in [0.15, 0.2) is 36.4 Å². The molecule has 1 fully saturated rings. The maximum atomic E-state index is 13.1. The predicted octanol–water partition coefficient (Wildman–Crippen LogP) is 3.38. The van der Waals surface area contributed by atoms with Crippen LogP contribution < -0.4 is 14.7 Å². The molecule has 4 nitrogen and oxygen atoms in total. The lowest BCUT2D eigenvalue weighted by Gasteiger charge is -2.45. The van der Waals surface area contributed by atoms with Gasteiger partial charge in [-0.1, -0.05) is 18.2 Å². The first-order chi connectivity index (χ1) is 10.2. The average Bonchev–Trinajstić information content (AvgIpc) is 2.53. The lowest BCUT2D eigenvalue weighted by Crippen LogP contribution is -2.47. The summed E-state index contributed by atoms with van der Waals surface area (Å²) >= 11 is 0. The molecule has 0 spiro atoms. The molecule has 1 aliphatic rings. The first-order valence-electron chi connectivity index (χ1n) is 7.62. The van der Waals surface area contributed by atoms with Gasteiger partial charge in [0.25, 0.3) is 0 Å². The number of hydrogen-bond donors (Lipinski definition) is 1. The molecular formula is C17H22N2O2. The van der Waals surface area contributed by atoms with Crippen molar-refractivity contribution in [2.45, 2.75) is 19.3 Å². The minimum atomic E-state index is -0.202. The molecule has 112 valence electrons. The Balaban J connectivity index is 2.08. The second-order valence-electron chi connectivity index (χ2n) is 5.67. The van der Waals surface area contributed by atoms with Crippen molar-refractivity contribution in [2.75, 3.05) is 26.9 Å². The highest BCUT2D eigenvalue weighted by molar-refractivity contribution is 5.97. The van der Waals surface area contributed by atoms with Crippen LogP contribution in [-0.2, 0) is 0 Å². The molecule has 0 saturated carbocycles. The van der Waals surface area contributed by atoms with E-state index < -0.39 is 0 Å². The van der Waals surface area contributed by atoms with Gasteiger partial charge in [0, 0.05) is 16.8 Å². The third-order valence-corrected chi connectivity index (χ3v) is 4.21. The highest BCUT2D eigenvalue weighted by Gasteiger charge is 2.26. The van der Waals surface area contributed by atoms with E-state index in [0.29, 0.717) is 19.8 Å². The van der Waals surface area contributed by atoms with E-state index in [9.17, 15) is 5.21 Å². The lowest BCUT2D eigenvalue weighted by atomic mass is 10.0. The minimum absolute atomic E-state index is 0.202. The van der Waals surface area contributed by atoms with Gasteiger partial charge in [-0.15, -0.1) is 0 Å². The number of rotatable bonds is 4. The van der Waals surface area contributed by atoms with Crippen LogP contribution in [0, 0.1) is 5.21 Å². The van der Waals surface area contributed by atoms with E-state index in [4.69, 9.17) is 4.74 Å². The zero-order valence-corrected chi connectivity index (χ0v) is 12.5. The SMILES string of the molecule is CNCOc1ccc([N+]2([O-])CCCCC2)c2ccccc12. The molecular weight excluding hydrogens is 264 g/mol. The number of nitrogens with one attached hydrogen (secondary N) is 1. The molecule has 1 heterocycles. The van der Waals surface area contributed by atoms with Gasteiger partial charge in [-0.05, 0) is 38.4 Å². The summed E-state index contributed by atoms with van der Waals surface area (Å²) in [7, 11) is 1.85. The maximum absolute atomic E-state index is 13.1. The largest absolute Gasteiger partial charge is 0.627 e. The summed E-state index contributed by atoms with van der Waals surface area (Å²) < 4.78 is 5.52. The number of hydrogen-bond acceptors (Lipinski definition) is 3. The molecule has 1 N–H and O–H groups in total. The Morgan fingerprint density at radius 2 is 1.76 bits per heavy atom. The van der Waals surface area contributed by atoms with Crippen LogP contribution in [-0.4, -0.2) is 26.9 Å². The number of quaternary nitrogens is 1. The van der Waals surface area contributed by atoms with Gasteiger partial charge in [0.05, 0.1) is 13.1 Å². The van der Waals surface area contributed by atoms with Gasteiger partial charge in [-0.3, -0.25) is 5.32 Å². The van der Waals surface area contributed by atoms with E-state index >= 15 is 0 Å². The topological polar surface area (TPSA) is 44.3 Å². The van der Waals surface area contributed by atoms with Crippen LogP contribution in [0.1, 0.15) is 19.3 Å². The fourth-order valence-electron chi connectivity index (χ4n) is 3.15. The summed E-state index contributed by atoms with van der Waals surface area (Å²) in [6.45, 7) is 1.82. The van der Waals surface area contributed by atoms with E-state index in [1.807, 2.05) is 43.4 Å². The van der Waals surface area contributed by atoms with E-state index in [1.165, 1.54) is 6.42 Å². The highest BCUT2D eigenvalue weighted by atomic mass is 16.5. The molecule has 1 aliphatic heterocycles. The Morgan fingerprint density at radius 1 is 1.05 bits per heavy atom. The molecule has 0 amide bonds. The van der Waals surface area contributed by atoms with Crippen molar-refractivity contribution in [1.29, 1.82) is 0 Å². The normalized spacial score (nSPS) is 17.8. The third-order valence-electron chi connectivity index (χ3n) is 4.21. The van der Waals surface area contributed by atoms with Crippen molar-refractivity contribution in [3.05, 3.63) is 41.6 Å². The summed E-state index contributed by atoms with van der Waals surface area (Å²) in [5.41, 5.74) is 0.877. The lowest BCUT2D eigenvalue weighted by molar-refractivity contribution is 0.297. The molecule has 0 aliphatic carbocycles. The molecule has 0 unspecified atom stereocenters. The summed E-state index contributed by atoms with van der Waals surface area (Å²) in [5, 5.41) is 18.2. The van der Waals surface area contributed by atoms with Crippen molar-refractivity contribution in [1.82, 2.24) is 9.96 Å². The molecule has 4 heteroatoms. The van der Waals surface area contributed by atoms with Gasteiger partial charge < -0.3 is 14.6 Å². The number of nitrogens with zero attached hydrogens (tertiary/aromatic N) is 1. The summed E-state index contributed by atoms with van der Waals surface area (Å²) in [5.74, 6) is 0.826. The van der Waals surface area contributed by atoms with Crippen molar-refractivity contribution in [3.63, 3.8) is 0 Å². The zero-order chi connectivity index (χ0) is 14.7. The number of fused-ring (bicyclic) bond motifs is 1. The molecule has 2 aromatic rings. The zero-order valence-electron chi connectivity index (χ0n) is 12.5. The third kappa shape index (κ3) is 2.75. The van der Waals surface area contributed by atoms with E-state index in [2.05, 4.69) is 5.32 Å². The minimum Gasteiger partial charge on any atom is -0.627 e. The first-order valence-corrected chi connectivity index (χ1v) is 7.62. The van der Waals surface area contributed by atoms with Crippen LogP contribution >= 0.6 is 0 Å². The summed E-state index contributed by atoms with van der Waals surface area (Å²) in [6, 6.07) is 11.9. The molecule has 0 atom stereocenters. The van der Waals surface area contributed by atoms with Crippen molar-refractivity contribution >= 4 is 16.5 Å². The van der Waals surface area contributed by atoms with Gasteiger partial charge >= 0.3 is 0 Å². The monoisotopic (exact) mass is 286 g/mol. The Bertz CT molecular complexity index is 621. The van der Waals surface area contributed by atoms with Crippen LogP contribution in [0.2, 0.25) is 0 Å². The predicted molar refractivity (Wildman–Crippen MR) is 87.2 cm³/mol. The van der Waals surface area contributed by atoms with Gasteiger partial charge in [0.2, 0.25) is 0 Å². The van der Waals surface area contributed by atoms with Crippen molar-refractivity contribution < 1.29 is 4.74 Å². The summed E-state index contributed by atoms with van der Waals surface area (Å²) in [6.07, 6.45) is 3.19. The second-order valence-corrected chi connectivity index (χ2v) is 5.67. The highest BCUT2D eigenvalue weighted by Crippen LogP contribution is 2.38. The molecule has 2 aromatic carbocycles. The van der Waals surface area contributed by atoms with Gasteiger partial charge in [0.1, 0.15) is 18.2 Å². The van der Waals surface area contributed by atoms with Crippen LogP contribution in [0.3, 0.4) is 0 Å². The van der Waals surface area contributed by atoms with Crippen LogP contribution in [0.25, 0.3) is 10.8 Å². The maximum Gasteiger partial charge on any atom is 0.141 e. The number of hydroxylamine groups is 2. The fourth-order valence-corrected chi connectivity index (χ4v) is 3.15. The quantitative estimate of drug-likeness (QED) is 0.532. The number of benzene rings is 2.